The van der Waals surface area contributed by atoms with Crippen LogP contribution in [-0.2, 0) is 4.74 Å². The highest BCUT2D eigenvalue weighted by molar-refractivity contribution is 7.99. The summed E-state index contributed by atoms with van der Waals surface area (Å²) >= 11 is 2.00. The Morgan fingerprint density at radius 1 is 1.50 bits per heavy atom. The van der Waals surface area contributed by atoms with Crippen LogP contribution in [0.5, 0.6) is 5.75 Å². The van der Waals surface area contributed by atoms with E-state index in [4.69, 9.17) is 15.2 Å². The topological polar surface area (TPSA) is 44.5 Å². The minimum absolute atomic E-state index is 0.0470. The van der Waals surface area contributed by atoms with Crippen molar-refractivity contribution in [2.45, 2.75) is 43.9 Å². The highest BCUT2D eigenvalue weighted by Crippen LogP contribution is 2.39. The average Bonchev–Trinajstić information content (AvgIpc) is 2.87. The van der Waals surface area contributed by atoms with Crippen molar-refractivity contribution in [2.24, 2.45) is 5.73 Å². The minimum atomic E-state index is 0.0470. The first kappa shape index (κ1) is 14.2. The summed E-state index contributed by atoms with van der Waals surface area (Å²) < 4.78 is 12.2. The number of hydrogen-bond acceptors (Lipinski definition) is 4. The van der Waals surface area contributed by atoms with E-state index < -0.39 is 0 Å². The van der Waals surface area contributed by atoms with Gasteiger partial charge in [0.25, 0.3) is 0 Å². The maximum absolute atomic E-state index is 6.19. The van der Waals surface area contributed by atoms with Gasteiger partial charge < -0.3 is 15.2 Å². The third-order valence-corrected chi connectivity index (χ3v) is 5.42. The Morgan fingerprint density at radius 3 is 3.15 bits per heavy atom. The summed E-state index contributed by atoms with van der Waals surface area (Å²) in [6.45, 7) is 2.82. The SMILES string of the molecule is C[C@@H](N)c1cccc(OC2CCOC3(CCSC3)C2)c1. The molecular weight excluding hydrogens is 270 g/mol. The lowest BCUT2D eigenvalue weighted by Crippen LogP contribution is -2.43. The van der Waals surface area contributed by atoms with E-state index in [1.165, 1.54) is 5.75 Å². The molecule has 0 aliphatic carbocycles. The number of benzene rings is 1. The molecule has 2 aliphatic heterocycles. The van der Waals surface area contributed by atoms with E-state index in [1.807, 2.05) is 30.8 Å². The van der Waals surface area contributed by atoms with Crippen molar-refractivity contribution >= 4 is 11.8 Å². The van der Waals surface area contributed by atoms with Crippen molar-refractivity contribution in [3.05, 3.63) is 29.8 Å². The lowest BCUT2D eigenvalue weighted by Gasteiger charge is -2.37. The van der Waals surface area contributed by atoms with Crippen LogP contribution in [0.1, 0.15) is 37.8 Å². The maximum Gasteiger partial charge on any atom is 0.120 e. The van der Waals surface area contributed by atoms with Crippen LogP contribution in [0.2, 0.25) is 0 Å². The van der Waals surface area contributed by atoms with Gasteiger partial charge in [0, 0.05) is 24.6 Å². The van der Waals surface area contributed by atoms with E-state index in [9.17, 15) is 0 Å². The molecule has 4 heteroatoms. The molecule has 3 atom stereocenters. The van der Waals surface area contributed by atoms with Gasteiger partial charge in [0.2, 0.25) is 0 Å². The van der Waals surface area contributed by atoms with E-state index >= 15 is 0 Å². The Hall–Kier alpha value is -0.710. The second-order valence-electron chi connectivity index (χ2n) is 5.93. The van der Waals surface area contributed by atoms with Crippen molar-refractivity contribution < 1.29 is 9.47 Å². The summed E-state index contributed by atoms with van der Waals surface area (Å²) in [5, 5.41) is 0. The third-order valence-electron chi connectivity index (χ3n) is 4.20. The molecule has 2 N–H and O–H groups in total. The summed E-state index contributed by atoms with van der Waals surface area (Å²) in [7, 11) is 0. The van der Waals surface area contributed by atoms with Gasteiger partial charge in [0.05, 0.1) is 12.2 Å². The van der Waals surface area contributed by atoms with Gasteiger partial charge in [0.15, 0.2) is 0 Å². The second kappa shape index (κ2) is 5.96. The molecule has 1 aromatic rings. The van der Waals surface area contributed by atoms with Crippen LogP contribution in [-0.4, -0.2) is 29.8 Å². The normalized spacial score (nSPS) is 31.4. The van der Waals surface area contributed by atoms with Crippen molar-refractivity contribution in [3.63, 3.8) is 0 Å². The molecule has 1 aromatic carbocycles. The quantitative estimate of drug-likeness (QED) is 0.930. The molecule has 3 rings (SSSR count). The number of thioether (sulfide) groups is 1. The lowest BCUT2D eigenvalue weighted by molar-refractivity contribution is -0.0959. The monoisotopic (exact) mass is 293 g/mol. The van der Waals surface area contributed by atoms with Gasteiger partial charge in [-0.2, -0.15) is 11.8 Å². The van der Waals surface area contributed by atoms with E-state index in [0.29, 0.717) is 0 Å². The first-order valence-corrected chi connectivity index (χ1v) is 8.56. The van der Waals surface area contributed by atoms with Gasteiger partial charge in [-0.05, 0) is 36.8 Å². The zero-order valence-corrected chi connectivity index (χ0v) is 12.8. The molecule has 0 radical (unpaired) electrons. The van der Waals surface area contributed by atoms with Crippen LogP contribution in [0, 0.1) is 0 Å². The van der Waals surface area contributed by atoms with Crippen LogP contribution >= 0.6 is 11.8 Å². The van der Waals surface area contributed by atoms with Crippen molar-refractivity contribution in [1.82, 2.24) is 0 Å². The zero-order valence-electron chi connectivity index (χ0n) is 12.0. The maximum atomic E-state index is 6.19. The molecule has 0 amide bonds. The molecule has 1 spiro atoms. The van der Waals surface area contributed by atoms with Gasteiger partial charge in [-0.3, -0.25) is 0 Å². The molecule has 0 bridgehead atoms. The summed E-state index contributed by atoms with van der Waals surface area (Å²) in [6, 6.07) is 8.21. The minimum Gasteiger partial charge on any atom is -0.490 e. The van der Waals surface area contributed by atoms with Crippen LogP contribution in [0.4, 0.5) is 0 Å². The van der Waals surface area contributed by atoms with E-state index in [2.05, 4.69) is 12.1 Å². The van der Waals surface area contributed by atoms with E-state index in [0.717, 1.165) is 42.9 Å². The van der Waals surface area contributed by atoms with Gasteiger partial charge in [0.1, 0.15) is 11.9 Å². The first-order valence-electron chi connectivity index (χ1n) is 7.41. The van der Waals surface area contributed by atoms with E-state index in [-0.39, 0.29) is 17.7 Å². The second-order valence-corrected chi connectivity index (χ2v) is 7.03. The average molecular weight is 293 g/mol. The predicted molar refractivity (Wildman–Crippen MR) is 83.3 cm³/mol. The van der Waals surface area contributed by atoms with Gasteiger partial charge >= 0.3 is 0 Å². The summed E-state index contributed by atoms with van der Waals surface area (Å²) in [4.78, 5) is 0. The summed E-state index contributed by atoms with van der Waals surface area (Å²) in [5.74, 6) is 3.27. The number of hydrogen-bond donors (Lipinski definition) is 1. The highest BCUT2D eigenvalue weighted by Gasteiger charge is 2.41. The molecule has 2 saturated heterocycles. The van der Waals surface area contributed by atoms with E-state index in [1.54, 1.807) is 0 Å². The zero-order chi connectivity index (χ0) is 14.0. The largest absolute Gasteiger partial charge is 0.490 e. The summed E-state index contributed by atoms with van der Waals surface area (Å²) in [6.07, 6.45) is 3.43. The van der Waals surface area contributed by atoms with Crippen LogP contribution in [0.3, 0.4) is 0 Å². The molecule has 2 unspecified atom stereocenters. The third kappa shape index (κ3) is 3.13. The molecule has 3 nitrogen and oxygen atoms in total. The Morgan fingerprint density at radius 2 is 2.40 bits per heavy atom. The molecule has 2 fully saturated rings. The molecular formula is C16H23NO2S. The Bertz CT molecular complexity index is 458. The Kier molecular flexibility index (Phi) is 4.24. The fourth-order valence-electron chi connectivity index (χ4n) is 3.01. The first-order chi connectivity index (χ1) is 9.67. The standard InChI is InChI=1S/C16H23NO2S/c1-12(17)13-3-2-4-14(9-13)19-15-5-7-18-16(10-15)6-8-20-11-16/h2-4,9,12,15H,5-8,10-11,17H2,1H3/t12-,15?,16?/m1/s1. The van der Waals surface area contributed by atoms with Crippen molar-refractivity contribution in [1.29, 1.82) is 0 Å². The van der Waals surface area contributed by atoms with Gasteiger partial charge in [-0.1, -0.05) is 12.1 Å². The fourth-order valence-corrected chi connectivity index (χ4v) is 4.39. The van der Waals surface area contributed by atoms with Crippen molar-refractivity contribution in [3.8, 4) is 5.75 Å². The Labute approximate surface area is 125 Å². The van der Waals surface area contributed by atoms with Gasteiger partial charge in [-0.25, -0.2) is 0 Å². The molecule has 0 aromatic heterocycles. The molecule has 2 aliphatic rings. The fraction of sp³-hybridized carbons (Fsp3) is 0.625. The van der Waals surface area contributed by atoms with Gasteiger partial charge in [-0.15, -0.1) is 0 Å². The predicted octanol–water partition coefficient (Wildman–Crippen LogP) is 3.14. The molecule has 2 heterocycles. The lowest BCUT2D eigenvalue weighted by atomic mass is 9.91. The number of ether oxygens (including phenoxy) is 2. The van der Waals surface area contributed by atoms with Crippen LogP contribution in [0.25, 0.3) is 0 Å². The Balaban J connectivity index is 1.66. The highest BCUT2D eigenvalue weighted by atomic mass is 32.2. The van der Waals surface area contributed by atoms with Crippen LogP contribution < -0.4 is 10.5 Å². The number of nitrogens with two attached hydrogens (primary N) is 1. The summed E-state index contributed by atoms with van der Waals surface area (Å²) in [5.41, 5.74) is 7.13. The smallest absolute Gasteiger partial charge is 0.120 e. The van der Waals surface area contributed by atoms with Crippen LogP contribution in [0.15, 0.2) is 24.3 Å². The molecule has 20 heavy (non-hydrogen) atoms. The molecule has 0 saturated carbocycles. The number of rotatable bonds is 3. The molecule has 110 valence electrons. The van der Waals surface area contributed by atoms with Crippen molar-refractivity contribution in [2.75, 3.05) is 18.1 Å².